The van der Waals surface area contributed by atoms with Gasteiger partial charge in [-0.2, -0.15) is 4.31 Å². The Morgan fingerprint density at radius 3 is 2.75 bits per heavy atom. The molecule has 0 aromatic carbocycles. The average molecular weight is 258 g/mol. The number of halogens is 1. The third kappa shape index (κ3) is 2.18. The third-order valence-corrected chi connectivity index (χ3v) is 5.10. The van der Waals surface area contributed by atoms with Crippen molar-refractivity contribution in [1.82, 2.24) is 4.31 Å². The molecule has 0 N–H and O–H groups in total. The van der Waals surface area contributed by atoms with Crippen molar-refractivity contribution in [3.8, 4) is 0 Å². The summed E-state index contributed by atoms with van der Waals surface area (Å²) in [6.07, 6.45) is 0.863. The third-order valence-electron chi connectivity index (χ3n) is 1.97. The lowest BCUT2D eigenvalue weighted by molar-refractivity contribution is 0.115. The Kier molecular flexibility index (Phi) is 3.51. The Morgan fingerprint density at radius 2 is 2.33 bits per heavy atom. The summed E-state index contributed by atoms with van der Waals surface area (Å²) in [5, 5.41) is 0. The molecule has 1 fully saturated rings. The standard InChI is InChI=1S/C6H12BrNO3S/c1-11-6-2-3-8(4-6)12(9,10)5-7/h6H,2-5H2,1H3. The van der Waals surface area contributed by atoms with E-state index in [1.54, 1.807) is 7.11 Å². The fourth-order valence-electron chi connectivity index (χ4n) is 1.21. The van der Waals surface area contributed by atoms with E-state index in [4.69, 9.17) is 4.74 Å². The normalized spacial score (nSPS) is 26.3. The van der Waals surface area contributed by atoms with Crippen LogP contribution in [0.25, 0.3) is 0 Å². The van der Waals surface area contributed by atoms with Crippen LogP contribution >= 0.6 is 15.9 Å². The Morgan fingerprint density at radius 1 is 1.67 bits per heavy atom. The van der Waals surface area contributed by atoms with Crippen LogP contribution in [0.2, 0.25) is 0 Å². The van der Waals surface area contributed by atoms with Gasteiger partial charge < -0.3 is 4.74 Å². The summed E-state index contributed by atoms with van der Waals surface area (Å²) in [6.45, 7) is 1.07. The second-order valence-electron chi connectivity index (χ2n) is 2.73. The molecule has 12 heavy (non-hydrogen) atoms. The number of methoxy groups -OCH3 is 1. The van der Waals surface area contributed by atoms with Crippen molar-refractivity contribution in [2.75, 3.05) is 24.9 Å². The SMILES string of the molecule is COC1CCN(S(=O)(=O)CBr)C1. The van der Waals surface area contributed by atoms with Gasteiger partial charge in [0.2, 0.25) is 10.0 Å². The molecule has 1 aliphatic rings. The summed E-state index contributed by atoms with van der Waals surface area (Å²) in [5.41, 5.74) is 0. The molecule has 0 radical (unpaired) electrons. The highest BCUT2D eigenvalue weighted by Gasteiger charge is 2.30. The van der Waals surface area contributed by atoms with E-state index in [9.17, 15) is 8.42 Å². The molecular weight excluding hydrogens is 246 g/mol. The molecule has 0 aliphatic carbocycles. The molecule has 72 valence electrons. The molecule has 6 heteroatoms. The molecule has 1 rings (SSSR count). The maximum absolute atomic E-state index is 11.3. The van der Waals surface area contributed by atoms with Gasteiger partial charge in [-0.1, -0.05) is 15.9 Å². The van der Waals surface area contributed by atoms with Gasteiger partial charge in [0.25, 0.3) is 0 Å². The topological polar surface area (TPSA) is 46.6 Å². The first kappa shape index (κ1) is 10.4. The maximum atomic E-state index is 11.3. The molecule has 0 aromatic rings. The number of sulfonamides is 1. The van der Waals surface area contributed by atoms with Crippen LogP contribution < -0.4 is 0 Å². The van der Waals surface area contributed by atoms with Gasteiger partial charge in [-0.15, -0.1) is 0 Å². The second-order valence-corrected chi connectivity index (χ2v) is 6.00. The van der Waals surface area contributed by atoms with Gasteiger partial charge in [-0.05, 0) is 6.42 Å². The van der Waals surface area contributed by atoms with Crippen molar-refractivity contribution in [2.45, 2.75) is 12.5 Å². The molecule has 1 unspecified atom stereocenters. The quantitative estimate of drug-likeness (QED) is 0.688. The molecule has 1 atom stereocenters. The molecule has 1 aliphatic heterocycles. The number of hydrogen-bond acceptors (Lipinski definition) is 3. The van der Waals surface area contributed by atoms with Crippen LogP contribution in [0.5, 0.6) is 0 Å². The van der Waals surface area contributed by atoms with Crippen LogP contribution in [0, 0.1) is 0 Å². The summed E-state index contributed by atoms with van der Waals surface area (Å²) in [4.78, 5) is 0. The lowest BCUT2D eigenvalue weighted by Gasteiger charge is -2.13. The lowest BCUT2D eigenvalue weighted by atomic mass is 10.3. The monoisotopic (exact) mass is 257 g/mol. The second kappa shape index (κ2) is 4.04. The average Bonchev–Trinajstić information content (AvgIpc) is 2.52. The van der Waals surface area contributed by atoms with Crippen molar-refractivity contribution in [1.29, 1.82) is 0 Å². The van der Waals surface area contributed by atoms with Crippen molar-refractivity contribution in [3.05, 3.63) is 0 Å². The van der Waals surface area contributed by atoms with E-state index in [-0.39, 0.29) is 10.8 Å². The van der Waals surface area contributed by atoms with E-state index in [1.807, 2.05) is 0 Å². The molecule has 0 amide bonds. The Hall–Kier alpha value is 0.350. The zero-order valence-corrected chi connectivity index (χ0v) is 9.27. The molecular formula is C6H12BrNO3S. The van der Waals surface area contributed by atoms with E-state index < -0.39 is 10.0 Å². The van der Waals surface area contributed by atoms with Crippen LogP contribution in [0.4, 0.5) is 0 Å². The van der Waals surface area contributed by atoms with Crippen molar-refractivity contribution in [2.24, 2.45) is 0 Å². The van der Waals surface area contributed by atoms with Crippen LogP contribution in [0.1, 0.15) is 6.42 Å². The number of ether oxygens (including phenoxy) is 1. The Labute approximate surface area is 81.1 Å². The van der Waals surface area contributed by atoms with E-state index in [0.717, 1.165) is 6.42 Å². The number of hydrogen-bond donors (Lipinski definition) is 0. The van der Waals surface area contributed by atoms with E-state index in [1.165, 1.54) is 4.31 Å². The lowest BCUT2D eigenvalue weighted by Crippen LogP contribution is -2.30. The van der Waals surface area contributed by atoms with Gasteiger partial charge in [-0.25, -0.2) is 8.42 Å². The van der Waals surface area contributed by atoms with Crippen molar-refractivity contribution in [3.63, 3.8) is 0 Å². The summed E-state index contributed by atoms with van der Waals surface area (Å²) < 4.78 is 29.1. The summed E-state index contributed by atoms with van der Waals surface area (Å²) in [6, 6.07) is 0. The van der Waals surface area contributed by atoms with E-state index in [2.05, 4.69) is 15.9 Å². The highest BCUT2D eigenvalue weighted by molar-refractivity contribution is 9.10. The summed E-state index contributed by atoms with van der Waals surface area (Å²) in [7, 11) is -1.46. The van der Waals surface area contributed by atoms with Crippen LogP contribution in [-0.2, 0) is 14.8 Å². The first-order chi connectivity index (χ1) is 5.60. The van der Waals surface area contributed by atoms with Crippen molar-refractivity contribution < 1.29 is 13.2 Å². The van der Waals surface area contributed by atoms with Crippen LogP contribution in [0.15, 0.2) is 0 Å². The molecule has 1 heterocycles. The van der Waals surface area contributed by atoms with E-state index >= 15 is 0 Å². The first-order valence-electron chi connectivity index (χ1n) is 3.66. The highest BCUT2D eigenvalue weighted by atomic mass is 79.9. The molecule has 0 bridgehead atoms. The minimum Gasteiger partial charge on any atom is -0.380 e. The predicted octanol–water partition coefficient (Wildman–Crippen LogP) is 0.389. The molecule has 1 saturated heterocycles. The van der Waals surface area contributed by atoms with Gasteiger partial charge in [0.1, 0.15) is 4.66 Å². The number of alkyl halides is 1. The fourth-order valence-corrected chi connectivity index (χ4v) is 3.00. The maximum Gasteiger partial charge on any atom is 0.224 e. The van der Waals surface area contributed by atoms with Crippen molar-refractivity contribution >= 4 is 26.0 Å². The minimum atomic E-state index is -3.07. The zero-order valence-electron chi connectivity index (χ0n) is 6.86. The zero-order chi connectivity index (χ0) is 9.19. The Bertz CT molecular complexity index is 241. The van der Waals surface area contributed by atoms with E-state index in [0.29, 0.717) is 13.1 Å². The Balaban J connectivity index is 2.58. The smallest absolute Gasteiger partial charge is 0.224 e. The first-order valence-corrected chi connectivity index (χ1v) is 6.40. The molecule has 0 aromatic heterocycles. The predicted molar refractivity (Wildman–Crippen MR) is 49.7 cm³/mol. The molecule has 0 saturated carbocycles. The van der Waals surface area contributed by atoms with Crippen LogP contribution in [-0.4, -0.2) is 43.7 Å². The van der Waals surface area contributed by atoms with Gasteiger partial charge in [0.05, 0.1) is 6.10 Å². The minimum absolute atomic E-state index is 0.00354. The van der Waals surface area contributed by atoms with Gasteiger partial charge in [-0.3, -0.25) is 0 Å². The highest BCUT2D eigenvalue weighted by Crippen LogP contribution is 2.16. The van der Waals surface area contributed by atoms with Gasteiger partial charge in [0, 0.05) is 20.2 Å². The van der Waals surface area contributed by atoms with Gasteiger partial charge >= 0.3 is 0 Å². The molecule has 0 spiro atoms. The summed E-state index contributed by atoms with van der Waals surface area (Å²) >= 11 is 2.95. The fraction of sp³-hybridized carbons (Fsp3) is 1.00. The number of rotatable bonds is 3. The van der Waals surface area contributed by atoms with Gasteiger partial charge in [0.15, 0.2) is 0 Å². The van der Waals surface area contributed by atoms with Crippen LogP contribution in [0.3, 0.4) is 0 Å². The number of nitrogens with zero attached hydrogens (tertiary/aromatic N) is 1. The largest absolute Gasteiger partial charge is 0.380 e. The molecule has 4 nitrogen and oxygen atoms in total. The summed E-state index contributed by atoms with van der Waals surface area (Å²) in [5.74, 6) is 0.